The van der Waals surface area contributed by atoms with E-state index >= 15 is 0 Å². The van der Waals surface area contributed by atoms with Gasteiger partial charge in [-0.15, -0.1) is 0 Å². The molecule has 0 unspecified atom stereocenters. The van der Waals surface area contributed by atoms with Crippen molar-refractivity contribution in [3.63, 3.8) is 0 Å². The van der Waals surface area contributed by atoms with Gasteiger partial charge in [0, 0.05) is 24.7 Å². The fraction of sp³-hybridized carbons (Fsp3) is 0.647. The number of nitrogens with zero attached hydrogens (tertiary/aromatic N) is 1. The van der Waals surface area contributed by atoms with Crippen LogP contribution in [0.25, 0.3) is 0 Å². The molecule has 1 saturated carbocycles. The quantitative estimate of drug-likeness (QED) is 0.852. The Balaban J connectivity index is 1.70. The number of hydrogen-bond donors (Lipinski definition) is 1. The molecule has 1 aliphatic heterocycles. The second kappa shape index (κ2) is 6.49. The second-order valence-electron chi connectivity index (χ2n) is 6.13. The molecule has 0 bridgehead atoms. The Labute approximate surface area is 122 Å². The van der Waals surface area contributed by atoms with E-state index in [1.165, 1.54) is 44.1 Å². The van der Waals surface area contributed by atoms with Gasteiger partial charge in [-0.2, -0.15) is 0 Å². The summed E-state index contributed by atoms with van der Waals surface area (Å²) in [6.45, 7) is 2.68. The molecule has 0 radical (unpaired) electrons. The Morgan fingerprint density at radius 3 is 2.80 bits per heavy atom. The van der Waals surface area contributed by atoms with Gasteiger partial charge in [0.1, 0.15) is 12.4 Å². The Hall–Kier alpha value is -1.22. The highest BCUT2D eigenvalue weighted by atomic mass is 16.5. The van der Waals surface area contributed by atoms with Crippen LogP contribution < -0.4 is 10.1 Å². The van der Waals surface area contributed by atoms with Gasteiger partial charge in [-0.3, -0.25) is 4.90 Å². The van der Waals surface area contributed by atoms with Crippen LogP contribution in [-0.2, 0) is 6.54 Å². The minimum atomic E-state index is 0.741. The topological polar surface area (TPSA) is 24.5 Å². The smallest absolute Gasteiger partial charge is 0.146 e. The molecule has 3 heteroatoms. The average molecular weight is 274 g/mol. The van der Waals surface area contributed by atoms with Crippen LogP contribution in [0.15, 0.2) is 18.2 Å². The minimum absolute atomic E-state index is 0.741. The summed E-state index contributed by atoms with van der Waals surface area (Å²) in [5, 5.41) is 3.42. The fourth-order valence-corrected chi connectivity index (χ4v) is 3.45. The molecule has 0 saturated heterocycles. The van der Waals surface area contributed by atoms with Crippen molar-refractivity contribution in [1.29, 1.82) is 0 Å². The molecule has 1 heterocycles. The van der Waals surface area contributed by atoms with E-state index in [0.717, 1.165) is 37.2 Å². The SMILES string of the molecule is CN(Cc1cccc2c1OCCN2)C1CCCCCC1. The first-order chi connectivity index (χ1) is 9.84. The number of nitrogens with one attached hydrogen (secondary N) is 1. The van der Waals surface area contributed by atoms with Crippen LogP contribution in [0.1, 0.15) is 44.1 Å². The van der Waals surface area contributed by atoms with Crippen molar-refractivity contribution in [3.8, 4) is 5.75 Å². The van der Waals surface area contributed by atoms with E-state index in [1.54, 1.807) is 0 Å². The standard InChI is InChI=1S/C17H26N2O/c1-19(15-8-4-2-3-5-9-15)13-14-7-6-10-16-17(14)20-12-11-18-16/h6-7,10,15,18H,2-5,8-9,11-13H2,1H3. The number of hydrogen-bond acceptors (Lipinski definition) is 3. The third-order valence-electron chi connectivity index (χ3n) is 4.63. The lowest BCUT2D eigenvalue weighted by Gasteiger charge is -2.29. The van der Waals surface area contributed by atoms with Gasteiger partial charge in [-0.05, 0) is 26.0 Å². The first-order valence-corrected chi connectivity index (χ1v) is 8.03. The molecule has 0 aromatic heterocycles. The van der Waals surface area contributed by atoms with Gasteiger partial charge in [0.2, 0.25) is 0 Å². The molecule has 0 amide bonds. The highest BCUT2D eigenvalue weighted by molar-refractivity contribution is 5.61. The summed E-state index contributed by atoms with van der Waals surface area (Å²) in [6, 6.07) is 7.20. The highest BCUT2D eigenvalue weighted by Gasteiger charge is 2.20. The third kappa shape index (κ3) is 3.09. The van der Waals surface area contributed by atoms with Gasteiger partial charge < -0.3 is 10.1 Å². The van der Waals surface area contributed by atoms with Crippen LogP contribution in [-0.4, -0.2) is 31.1 Å². The van der Waals surface area contributed by atoms with Crippen molar-refractivity contribution < 1.29 is 4.74 Å². The molecule has 1 N–H and O–H groups in total. The summed E-state index contributed by atoms with van der Waals surface area (Å²) < 4.78 is 5.88. The summed E-state index contributed by atoms with van der Waals surface area (Å²) in [5.41, 5.74) is 2.48. The summed E-state index contributed by atoms with van der Waals surface area (Å²) in [5.74, 6) is 1.07. The van der Waals surface area contributed by atoms with E-state index in [-0.39, 0.29) is 0 Å². The fourth-order valence-electron chi connectivity index (χ4n) is 3.45. The zero-order valence-electron chi connectivity index (χ0n) is 12.5. The maximum Gasteiger partial charge on any atom is 0.146 e. The van der Waals surface area contributed by atoms with Crippen molar-refractivity contribution in [2.75, 3.05) is 25.5 Å². The lowest BCUT2D eigenvalue weighted by atomic mass is 10.1. The van der Waals surface area contributed by atoms with Gasteiger partial charge in [-0.25, -0.2) is 0 Å². The molecular weight excluding hydrogens is 248 g/mol. The summed E-state index contributed by atoms with van der Waals surface area (Å²) in [4.78, 5) is 2.53. The van der Waals surface area contributed by atoms with Crippen LogP contribution in [0, 0.1) is 0 Å². The molecule has 20 heavy (non-hydrogen) atoms. The Bertz CT molecular complexity index is 439. The highest BCUT2D eigenvalue weighted by Crippen LogP contribution is 2.32. The first kappa shape index (κ1) is 13.7. The molecule has 0 atom stereocenters. The molecule has 1 aromatic rings. The normalized spacial score (nSPS) is 19.9. The Morgan fingerprint density at radius 1 is 1.20 bits per heavy atom. The molecule has 1 aliphatic carbocycles. The third-order valence-corrected chi connectivity index (χ3v) is 4.63. The van der Waals surface area contributed by atoms with E-state index in [0.29, 0.717) is 0 Å². The minimum Gasteiger partial charge on any atom is -0.489 e. The Morgan fingerprint density at radius 2 is 2.00 bits per heavy atom. The number of benzene rings is 1. The lowest BCUT2D eigenvalue weighted by Crippen LogP contribution is -2.31. The molecule has 1 fully saturated rings. The van der Waals surface area contributed by atoms with Crippen LogP contribution in [0.5, 0.6) is 5.75 Å². The zero-order valence-corrected chi connectivity index (χ0v) is 12.5. The summed E-state index contributed by atoms with van der Waals surface area (Å²) >= 11 is 0. The Kier molecular flexibility index (Phi) is 4.46. The largest absolute Gasteiger partial charge is 0.489 e. The first-order valence-electron chi connectivity index (χ1n) is 8.03. The predicted molar refractivity (Wildman–Crippen MR) is 83.4 cm³/mol. The molecule has 1 aromatic carbocycles. The van der Waals surface area contributed by atoms with Crippen molar-refractivity contribution in [2.45, 2.75) is 51.1 Å². The second-order valence-corrected chi connectivity index (χ2v) is 6.13. The lowest BCUT2D eigenvalue weighted by molar-refractivity contribution is 0.208. The maximum atomic E-state index is 5.88. The molecule has 0 spiro atoms. The van der Waals surface area contributed by atoms with Crippen LogP contribution in [0.3, 0.4) is 0 Å². The van der Waals surface area contributed by atoms with E-state index in [1.807, 2.05) is 0 Å². The number of fused-ring (bicyclic) bond motifs is 1. The average Bonchev–Trinajstić information content (AvgIpc) is 2.77. The number of ether oxygens (including phenoxy) is 1. The van der Waals surface area contributed by atoms with E-state index in [9.17, 15) is 0 Å². The van der Waals surface area contributed by atoms with Gasteiger partial charge in [0.05, 0.1) is 5.69 Å². The number of rotatable bonds is 3. The van der Waals surface area contributed by atoms with Crippen molar-refractivity contribution in [2.24, 2.45) is 0 Å². The van der Waals surface area contributed by atoms with Crippen molar-refractivity contribution in [3.05, 3.63) is 23.8 Å². The van der Waals surface area contributed by atoms with Gasteiger partial charge >= 0.3 is 0 Å². The van der Waals surface area contributed by atoms with Gasteiger partial charge in [0.15, 0.2) is 0 Å². The number of para-hydroxylation sites is 1. The molecule has 110 valence electrons. The number of anilines is 1. The van der Waals surface area contributed by atoms with Crippen LogP contribution in [0.4, 0.5) is 5.69 Å². The monoisotopic (exact) mass is 274 g/mol. The molecular formula is C17H26N2O. The van der Waals surface area contributed by atoms with E-state index < -0.39 is 0 Å². The maximum absolute atomic E-state index is 5.88. The summed E-state index contributed by atoms with van der Waals surface area (Å²) in [6.07, 6.45) is 8.31. The molecule has 2 aliphatic rings. The zero-order chi connectivity index (χ0) is 13.8. The van der Waals surface area contributed by atoms with Crippen LogP contribution in [0.2, 0.25) is 0 Å². The summed E-state index contributed by atoms with van der Waals surface area (Å²) in [7, 11) is 2.27. The van der Waals surface area contributed by atoms with E-state index in [4.69, 9.17) is 4.74 Å². The van der Waals surface area contributed by atoms with E-state index in [2.05, 4.69) is 35.5 Å². The van der Waals surface area contributed by atoms with Crippen molar-refractivity contribution in [1.82, 2.24) is 4.90 Å². The van der Waals surface area contributed by atoms with Gasteiger partial charge in [0.25, 0.3) is 0 Å². The molecule has 3 nitrogen and oxygen atoms in total. The predicted octanol–water partition coefficient (Wildman–Crippen LogP) is 3.65. The van der Waals surface area contributed by atoms with Crippen LogP contribution >= 0.6 is 0 Å². The van der Waals surface area contributed by atoms with Gasteiger partial charge in [-0.1, -0.05) is 37.8 Å². The molecule has 3 rings (SSSR count). The van der Waals surface area contributed by atoms with Crippen molar-refractivity contribution >= 4 is 5.69 Å².